The third kappa shape index (κ3) is 4.90. The Hall–Kier alpha value is -2.98. The zero-order valence-corrected chi connectivity index (χ0v) is 16.5. The Balaban J connectivity index is 1.50. The lowest BCUT2D eigenvalue weighted by Crippen LogP contribution is -2.32. The first kappa shape index (κ1) is 19.3. The highest BCUT2D eigenvalue weighted by Gasteiger charge is 2.16. The van der Waals surface area contributed by atoms with Gasteiger partial charge in [0.05, 0.1) is 0 Å². The number of ketones is 1. The monoisotopic (exact) mass is 387 g/mol. The van der Waals surface area contributed by atoms with E-state index in [-0.39, 0.29) is 11.3 Å². The molecule has 0 N–H and O–H groups in total. The number of benzene rings is 2. The molecule has 0 bridgehead atoms. The van der Waals surface area contributed by atoms with Crippen molar-refractivity contribution in [2.24, 2.45) is 0 Å². The van der Waals surface area contributed by atoms with E-state index in [9.17, 15) is 9.59 Å². The van der Waals surface area contributed by atoms with Crippen molar-refractivity contribution < 1.29 is 9.21 Å². The number of nitrogens with zero attached hydrogens (tertiary/aromatic N) is 1. The maximum absolute atomic E-state index is 12.6. The Bertz CT molecular complexity index is 1080. The molecule has 0 atom stereocenters. The molecule has 0 amide bonds. The molecule has 0 radical (unpaired) electrons. The summed E-state index contributed by atoms with van der Waals surface area (Å²) in [6.07, 6.45) is 7.99. The van der Waals surface area contributed by atoms with Crippen LogP contribution < -0.4 is 5.63 Å². The van der Waals surface area contributed by atoms with Gasteiger partial charge in [0.15, 0.2) is 5.78 Å². The fraction of sp³-hybridized carbons (Fsp3) is 0.280. The highest BCUT2D eigenvalue weighted by Crippen LogP contribution is 2.18. The fourth-order valence-electron chi connectivity index (χ4n) is 3.76. The lowest BCUT2D eigenvalue weighted by Gasteiger charge is -2.25. The Labute approximate surface area is 170 Å². The predicted molar refractivity (Wildman–Crippen MR) is 117 cm³/mol. The van der Waals surface area contributed by atoms with Crippen LogP contribution in [0.25, 0.3) is 23.1 Å². The van der Waals surface area contributed by atoms with Crippen LogP contribution in [0.4, 0.5) is 0 Å². The topological polar surface area (TPSA) is 50.5 Å². The lowest BCUT2D eigenvalue weighted by atomic mass is 10.1. The van der Waals surface area contributed by atoms with Gasteiger partial charge in [-0.1, -0.05) is 61.0 Å². The van der Waals surface area contributed by atoms with Crippen molar-refractivity contribution in [1.82, 2.24) is 4.90 Å². The minimum Gasteiger partial charge on any atom is -0.422 e. The van der Waals surface area contributed by atoms with Crippen molar-refractivity contribution >= 4 is 28.9 Å². The van der Waals surface area contributed by atoms with Crippen LogP contribution in [0.15, 0.2) is 63.8 Å². The van der Waals surface area contributed by atoms with Gasteiger partial charge in [-0.15, -0.1) is 0 Å². The maximum atomic E-state index is 12.6. The van der Waals surface area contributed by atoms with Crippen LogP contribution in [0.5, 0.6) is 0 Å². The van der Waals surface area contributed by atoms with Crippen molar-refractivity contribution in [3.8, 4) is 0 Å². The van der Waals surface area contributed by atoms with Crippen molar-refractivity contribution in [1.29, 1.82) is 0 Å². The van der Waals surface area contributed by atoms with Crippen LogP contribution in [0, 0.1) is 0 Å². The molecule has 2 heterocycles. The second kappa shape index (κ2) is 9.01. The van der Waals surface area contributed by atoms with Crippen molar-refractivity contribution in [3.63, 3.8) is 0 Å². The van der Waals surface area contributed by atoms with E-state index < -0.39 is 5.63 Å². The molecule has 4 heteroatoms. The number of carbonyl (C=O) groups excluding carboxylic acids is 1. The molecule has 0 unspecified atom stereocenters. The summed E-state index contributed by atoms with van der Waals surface area (Å²) in [6, 6.07) is 17.4. The van der Waals surface area contributed by atoms with Gasteiger partial charge in [0, 0.05) is 18.4 Å². The number of fused-ring (bicyclic) bond motifs is 1. The van der Waals surface area contributed by atoms with Crippen LogP contribution in [-0.4, -0.2) is 30.3 Å². The van der Waals surface area contributed by atoms with Crippen LogP contribution >= 0.6 is 0 Å². The largest absolute Gasteiger partial charge is 0.422 e. The Kier molecular flexibility index (Phi) is 6.01. The van der Waals surface area contributed by atoms with E-state index in [1.807, 2.05) is 60.7 Å². The van der Waals surface area contributed by atoms with E-state index in [1.165, 1.54) is 19.3 Å². The van der Waals surface area contributed by atoms with Crippen LogP contribution in [0.1, 0.15) is 47.2 Å². The van der Waals surface area contributed by atoms with Crippen LogP contribution in [0.2, 0.25) is 0 Å². The molecule has 0 saturated carbocycles. The number of likely N-dealkylation sites (tertiary alicyclic amines) is 1. The van der Waals surface area contributed by atoms with Gasteiger partial charge >= 0.3 is 5.63 Å². The first-order valence-corrected chi connectivity index (χ1v) is 10.3. The quantitative estimate of drug-likeness (QED) is 0.338. The first-order chi connectivity index (χ1) is 14.2. The second-order valence-electron chi connectivity index (χ2n) is 7.56. The van der Waals surface area contributed by atoms with E-state index in [0.717, 1.165) is 29.6 Å². The molecule has 148 valence electrons. The van der Waals surface area contributed by atoms with Gasteiger partial charge in [0.25, 0.3) is 0 Å². The van der Waals surface area contributed by atoms with Crippen LogP contribution in [-0.2, 0) is 0 Å². The van der Waals surface area contributed by atoms with Crippen molar-refractivity contribution in [2.75, 3.05) is 19.6 Å². The molecule has 4 nitrogen and oxygen atoms in total. The third-order valence-corrected chi connectivity index (χ3v) is 5.43. The SMILES string of the molecule is O=C(CCN1CCCCC1)c1cc2ccc(C=Cc3ccccc3)cc2oc1=O. The maximum Gasteiger partial charge on any atom is 0.347 e. The van der Waals surface area contributed by atoms with E-state index in [4.69, 9.17) is 4.42 Å². The minimum absolute atomic E-state index is 0.140. The average Bonchev–Trinajstić information content (AvgIpc) is 2.77. The fourth-order valence-corrected chi connectivity index (χ4v) is 3.76. The van der Waals surface area contributed by atoms with Gasteiger partial charge in [-0.3, -0.25) is 4.79 Å². The molecule has 1 fully saturated rings. The van der Waals surface area contributed by atoms with Crippen molar-refractivity contribution in [2.45, 2.75) is 25.7 Å². The molecule has 1 aliphatic rings. The molecule has 0 spiro atoms. The first-order valence-electron chi connectivity index (χ1n) is 10.3. The predicted octanol–water partition coefficient (Wildman–Crippen LogP) is 5.02. The summed E-state index contributed by atoms with van der Waals surface area (Å²) in [6.45, 7) is 2.79. The van der Waals surface area contributed by atoms with Gasteiger partial charge in [-0.05, 0) is 49.2 Å². The summed E-state index contributed by atoms with van der Waals surface area (Å²) >= 11 is 0. The van der Waals surface area contributed by atoms with Crippen molar-refractivity contribution in [3.05, 3.63) is 81.7 Å². The smallest absolute Gasteiger partial charge is 0.347 e. The minimum atomic E-state index is -0.551. The molecule has 29 heavy (non-hydrogen) atoms. The highest BCUT2D eigenvalue weighted by atomic mass is 16.4. The Morgan fingerprint density at radius 3 is 2.48 bits per heavy atom. The molecule has 1 aliphatic heterocycles. The number of hydrogen-bond donors (Lipinski definition) is 0. The normalized spacial score (nSPS) is 15.2. The summed E-state index contributed by atoms with van der Waals surface area (Å²) in [5.74, 6) is -0.140. The molecule has 2 aromatic carbocycles. The summed E-state index contributed by atoms with van der Waals surface area (Å²) in [7, 11) is 0. The molecule has 1 saturated heterocycles. The second-order valence-corrected chi connectivity index (χ2v) is 7.56. The molecule has 1 aromatic heterocycles. The number of Topliss-reactive ketones (excluding diaryl/α,β-unsaturated/α-hetero) is 1. The number of rotatable bonds is 6. The zero-order valence-electron chi connectivity index (χ0n) is 16.5. The van der Waals surface area contributed by atoms with Crippen LogP contribution in [0.3, 0.4) is 0 Å². The molecule has 3 aromatic rings. The average molecular weight is 387 g/mol. The van der Waals surface area contributed by atoms with E-state index >= 15 is 0 Å². The number of hydrogen-bond acceptors (Lipinski definition) is 4. The van der Waals surface area contributed by atoms with E-state index in [2.05, 4.69) is 4.90 Å². The van der Waals surface area contributed by atoms with E-state index in [0.29, 0.717) is 18.5 Å². The van der Waals surface area contributed by atoms with Gasteiger partial charge in [-0.2, -0.15) is 0 Å². The number of piperidine rings is 1. The zero-order chi connectivity index (χ0) is 20.1. The summed E-state index contributed by atoms with van der Waals surface area (Å²) in [5.41, 5.74) is 2.14. The molecular formula is C25H25NO3. The summed E-state index contributed by atoms with van der Waals surface area (Å²) < 4.78 is 5.47. The Morgan fingerprint density at radius 1 is 0.931 bits per heavy atom. The highest BCUT2D eigenvalue weighted by molar-refractivity contribution is 5.98. The standard InChI is InChI=1S/C25H25NO3/c27-23(13-16-26-14-5-2-6-15-26)22-18-21-12-11-20(17-24(21)29-25(22)28)10-9-19-7-3-1-4-8-19/h1,3-4,7-12,17-18H,2,5-6,13-16H2. The summed E-state index contributed by atoms with van der Waals surface area (Å²) in [4.78, 5) is 27.3. The molecule has 4 rings (SSSR count). The number of carbonyl (C=O) groups is 1. The van der Waals surface area contributed by atoms with Gasteiger partial charge in [0.2, 0.25) is 0 Å². The van der Waals surface area contributed by atoms with E-state index in [1.54, 1.807) is 6.07 Å². The van der Waals surface area contributed by atoms with Gasteiger partial charge < -0.3 is 9.32 Å². The third-order valence-electron chi connectivity index (χ3n) is 5.43. The Morgan fingerprint density at radius 2 is 1.69 bits per heavy atom. The van der Waals surface area contributed by atoms with Gasteiger partial charge in [0.1, 0.15) is 11.1 Å². The molecular weight excluding hydrogens is 362 g/mol. The van der Waals surface area contributed by atoms with Gasteiger partial charge in [-0.25, -0.2) is 4.79 Å². The molecule has 0 aliphatic carbocycles. The lowest BCUT2D eigenvalue weighted by molar-refractivity contribution is 0.0955. The summed E-state index contributed by atoms with van der Waals surface area (Å²) in [5, 5.41) is 0.766.